The summed E-state index contributed by atoms with van der Waals surface area (Å²) in [7, 11) is 0. The molecule has 81 heavy (non-hydrogen) atoms. The van der Waals surface area contributed by atoms with Crippen molar-refractivity contribution in [2.75, 3.05) is 23.0 Å². The zero-order valence-electron chi connectivity index (χ0n) is 48.8. The van der Waals surface area contributed by atoms with Crippen molar-refractivity contribution in [3.05, 3.63) is 217 Å². The van der Waals surface area contributed by atoms with Crippen LogP contribution in [-0.4, -0.2) is 30.6 Å². The molecule has 0 spiro atoms. The lowest BCUT2D eigenvalue weighted by Gasteiger charge is -2.27. The fourth-order valence-electron chi connectivity index (χ4n) is 11.1. The Labute approximate surface area is 482 Å². The first-order valence-corrected chi connectivity index (χ1v) is 29.8. The van der Waals surface area contributed by atoms with Crippen LogP contribution >= 0.6 is 0 Å². The highest BCUT2D eigenvalue weighted by Gasteiger charge is 2.26. The van der Waals surface area contributed by atoms with Gasteiger partial charge in [-0.1, -0.05) is 218 Å². The molecular weight excluding hydrogens is 993 g/mol. The number of Topliss-reactive ketones (excluding diaryl/α,β-unsaturated/α-hetero) is 1. The van der Waals surface area contributed by atoms with Gasteiger partial charge in [0.2, 0.25) is 0 Å². The lowest BCUT2D eigenvalue weighted by atomic mass is 9.80. The largest absolute Gasteiger partial charge is 0.463 e. The lowest BCUT2D eigenvalue weighted by Crippen LogP contribution is -2.26. The molecule has 9 rings (SSSR count). The van der Waals surface area contributed by atoms with Gasteiger partial charge in [-0.05, 0) is 144 Å². The van der Waals surface area contributed by atoms with E-state index >= 15 is 0 Å². The number of hydrogen-bond donors (Lipinski definition) is 0. The SMILES string of the molecule is CCCCCCC(C)(C)OCCOC(=O)CCc1ccc(N(c2ccc(-c3ccc(-c4ccc(N(c5ccc(CCC(=O)C(C)(C)CCCCC)cc5)c5cccc6ccccc56)cc4)cc3)cc2)c2cccc3ccccc23)cc1. The van der Waals surface area contributed by atoms with E-state index in [1.165, 1.54) is 47.4 Å². The van der Waals surface area contributed by atoms with Crippen LogP contribution in [0.25, 0.3) is 43.8 Å². The molecule has 9 aromatic carbocycles. The molecule has 0 saturated heterocycles. The summed E-state index contributed by atoms with van der Waals surface area (Å²) >= 11 is 0. The Balaban J connectivity index is 0.883. The third-order valence-electron chi connectivity index (χ3n) is 16.1. The average molecular weight is 1080 g/mol. The maximum Gasteiger partial charge on any atom is 0.306 e. The highest BCUT2D eigenvalue weighted by molar-refractivity contribution is 6.00. The predicted molar refractivity (Wildman–Crippen MR) is 341 cm³/mol. The standard InChI is InChI=1S/C75H82N2O4/c1-7-9-11-17-53-75(5,6)81-55-54-80-73(79)51-33-57-30-44-65(45-31-57)77(71-27-19-23-63-21-13-15-25-69(63)71)67-48-40-61(41-49-67)59-36-34-58(35-37-59)60-38-46-66(47-39-60)76(70-26-18-22-62-20-12-14-24-68(62)70)64-42-28-56(29-43-64)32-50-72(78)74(3,4)52-16-10-8-2/h12-15,18-31,34-49H,7-11,16-17,32-33,50-55H2,1-6H3. The molecule has 0 unspecified atom stereocenters. The number of aryl methyl sites for hydroxylation is 2. The van der Waals surface area contributed by atoms with Crippen molar-refractivity contribution in [1.29, 1.82) is 0 Å². The van der Waals surface area contributed by atoms with E-state index in [2.05, 4.69) is 258 Å². The van der Waals surface area contributed by atoms with Crippen molar-refractivity contribution in [2.45, 2.75) is 131 Å². The fourth-order valence-corrected chi connectivity index (χ4v) is 11.1. The molecule has 0 aromatic heterocycles. The number of hydrogen-bond acceptors (Lipinski definition) is 6. The second kappa shape index (κ2) is 27.6. The quantitative estimate of drug-likeness (QED) is 0.0360. The number of carbonyl (C=O) groups excluding carboxylic acids is 2. The first-order chi connectivity index (χ1) is 39.4. The van der Waals surface area contributed by atoms with Gasteiger partial charge in [0.05, 0.1) is 23.6 Å². The van der Waals surface area contributed by atoms with Crippen molar-refractivity contribution in [1.82, 2.24) is 0 Å². The van der Waals surface area contributed by atoms with Gasteiger partial charge in [-0.15, -0.1) is 0 Å². The summed E-state index contributed by atoms with van der Waals surface area (Å²) in [6.45, 7) is 13.6. The first-order valence-electron chi connectivity index (χ1n) is 29.8. The zero-order chi connectivity index (χ0) is 56.6. The molecule has 9 aromatic rings. The summed E-state index contributed by atoms with van der Waals surface area (Å²) in [6, 6.07) is 74.0. The molecule has 0 amide bonds. The predicted octanol–water partition coefficient (Wildman–Crippen LogP) is 20.6. The van der Waals surface area contributed by atoms with Gasteiger partial charge in [-0.25, -0.2) is 0 Å². The molecule has 416 valence electrons. The van der Waals surface area contributed by atoms with E-state index in [0.717, 1.165) is 106 Å². The lowest BCUT2D eigenvalue weighted by molar-refractivity contribution is -0.147. The van der Waals surface area contributed by atoms with Gasteiger partial charge < -0.3 is 19.3 Å². The number of rotatable bonds is 28. The van der Waals surface area contributed by atoms with Crippen molar-refractivity contribution in [2.24, 2.45) is 5.41 Å². The molecule has 0 bridgehead atoms. The van der Waals surface area contributed by atoms with Crippen LogP contribution < -0.4 is 9.80 Å². The maximum atomic E-state index is 13.3. The number of unbranched alkanes of at least 4 members (excludes halogenated alkanes) is 5. The Kier molecular flexibility index (Phi) is 19.7. The Hall–Kier alpha value is -7.80. The Morgan fingerprint density at radius 3 is 1.27 bits per heavy atom. The van der Waals surface area contributed by atoms with Crippen LogP contribution in [0.4, 0.5) is 34.1 Å². The summed E-state index contributed by atoms with van der Waals surface area (Å²) < 4.78 is 11.7. The number of nitrogens with zero attached hydrogens (tertiary/aromatic N) is 2. The Bertz CT molecular complexity index is 3440. The molecule has 0 radical (unpaired) electrons. The van der Waals surface area contributed by atoms with Crippen LogP contribution in [0.15, 0.2) is 206 Å². The summed E-state index contributed by atoms with van der Waals surface area (Å²) in [4.78, 5) is 30.8. The minimum Gasteiger partial charge on any atom is -0.463 e. The minimum absolute atomic E-state index is 0.206. The molecule has 0 aliphatic heterocycles. The molecule has 6 heteroatoms. The summed E-state index contributed by atoms with van der Waals surface area (Å²) in [6.07, 6.45) is 12.4. The van der Waals surface area contributed by atoms with Crippen LogP contribution in [0.2, 0.25) is 0 Å². The minimum atomic E-state index is -0.286. The maximum absolute atomic E-state index is 13.3. The molecular formula is C75H82N2O4. The van der Waals surface area contributed by atoms with Gasteiger partial charge >= 0.3 is 5.97 Å². The van der Waals surface area contributed by atoms with Gasteiger partial charge in [-0.3, -0.25) is 9.59 Å². The highest BCUT2D eigenvalue weighted by Crippen LogP contribution is 2.42. The molecule has 0 fully saturated rings. The van der Waals surface area contributed by atoms with E-state index in [0.29, 0.717) is 31.7 Å². The number of carbonyl (C=O) groups is 2. The van der Waals surface area contributed by atoms with Crippen LogP contribution in [0.5, 0.6) is 0 Å². The van der Waals surface area contributed by atoms with E-state index in [1.807, 2.05) is 0 Å². The molecule has 6 nitrogen and oxygen atoms in total. The number of anilines is 6. The Morgan fingerprint density at radius 2 is 0.802 bits per heavy atom. The molecule has 0 N–H and O–H groups in total. The zero-order valence-corrected chi connectivity index (χ0v) is 48.8. The summed E-state index contributed by atoms with van der Waals surface area (Å²) in [5.41, 5.74) is 12.7. The summed E-state index contributed by atoms with van der Waals surface area (Å²) in [5.74, 6) is 0.144. The van der Waals surface area contributed by atoms with E-state index in [4.69, 9.17) is 9.47 Å². The number of fused-ring (bicyclic) bond motifs is 2. The van der Waals surface area contributed by atoms with Gasteiger partial charge in [0.25, 0.3) is 0 Å². The normalized spacial score (nSPS) is 11.7. The highest BCUT2D eigenvalue weighted by atomic mass is 16.6. The van der Waals surface area contributed by atoms with Gasteiger partial charge in [0, 0.05) is 51.8 Å². The summed E-state index contributed by atoms with van der Waals surface area (Å²) in [5, 5.41) is 4.71. The van der Waals surface area contributed by atoms with Gasteiger partial charge in [0.1, 0.15) is 12.4 Å². The van der Waals surface area contributed by atoms with Crippen LogP contribution in [-0.2, 0) is 31.9 Å². The smallest absolute Gasteiger partial charge is 0.306 e. The molecule has 0 atom stereocenters. The van der Waals surface area contributed by atoms with Crippen LogP contribution in [0.3, 0.4) is 0 Å². The van der Waals surface area contributed by atoms with Crippen molar-refractivity contribution >= 4 is 67.4 Å². The molecule has 0 aliphatic carbocycles. The monoisotopic (exact) mass is 1070 g/mol. The number of benzene rings is 9. The van der Waals surface area contributed by atoms with E-state index < -0.39 is 0 Å². The number of esters is 1. The third kappa shape index (κ3) is 15.2. The van der Waals surface area contributed by atoms with E-state index in [-0.39, 0.29) is 23.6 Å². The second-order valence-electron chi connectivity index (χ2n) is 23.1. The van der Waals surface area contributed by atoms with E-state index in [9.17, 15) is 9.59 Å². The molecule has 0 heterocycles. The van der Waals surface area contributed by atoms with Crippen LogP contribution in [0, 0.1) is 5.41 Å². The van der Waals surface area contributed by atoms with Crippen molar-refractivity contribution in [3.63, 3.8) is 0 Å². The van der Waals surface area contributed by atoms with E-state index in [1.54, 1.807) is 0 Å². The average Bonchev–Trinajstić information content (AvgIpc) is 3.69. The van der Waals surface area contributed by atoms with Crippen LogP contribution in [0.1, 0.15) is 123 Å². The van der Waals surface area contributed by atoms with Gasteiger partial charge in [-0.2, -0.15) is 0 Å². The number of ether oxygens (including phenoxy) is 2. The first kappa shape index (κ1) is 57.9. The van der Waals surface area contributed by atoms with Gasteiger partial charge in [0.15, 0.2) is 0 Å². The second-order valence-corrected chi connectivity index (χ2v) is 23.1. The third-order valence-corrected chi connectivity index (χ3v) is 16.1. The topological polar surface area (TPSA) is 59.1 Å². The van der Waals surface area contributed by atoms with Crippen molar-refractivity contribution < 1.29 is 19.1 Å². The molecule has 0 aliphatic rings. The fraction of sp³-hybridized carbons (Fsp3) is 0.307. The Morgan fingerprint density at radius 1 is 0.407 bits per heavy atom. The molecule has 0 saturated carbocycles. The van der Waals surface area contributed by atoms with Crippen molar-refractivity contribution in [3.8, 4) is 22.3 Å². The number of ketones is 1.